The second-order valence-corrected chi connectivity index (χ2v) is 6.34. The zero-order chi connectivity index (χ0) is 16.8. The minimum Gasteiger partial charge on any atom is -0.486 e. The molecule has 0 atom stereocenters. The van der Waals surface area contributed by atoms with E-state index in [9.17, 15) is 4.79 Å². The third-order valence-electron chi connectivity index (χ3n) is 3.42. The summed E-state index contributed by atoms with van der Waals surface area (Å²) in [4.78, 5) is 12.7. The zero-order valence-corrected chi connectivity index (χ0v) is 14.8. The van der Waals surface area contributed by atoms with Gasteiger partial charge in [0.25, 0.3) is 0 Å². The Balaban J connectivity index is 2.22. The minimum atomic E-state index is -0.795. The number of anilines is 1. The molecule has 0 amide bonds. The summed E-state index contributed by atoms with van der Waals surface area (Å²) in [5, 5.41) is 8.84. The number of rotatable bonds is 7. The summed E-state index contributed by atoms with van der Waals surface area (Å²) < 4.78 is 6.82. The second-order valence-electron chi connectivity index (χ2n) is 5.49. The van der Waals surface area contributed by atoms with Gasteiger partial charge in [-0.2, -0.15) is 0 Å². The van der Waals surface area contributed by atoms with Crippen LogP contribution in [0, 0.1) is 0 Å². The summed E-state index contributed by atoms with van der Waals surface area (Å²) in [6.07, 6.45) is 0.608. The highest BCUT2D eigenvalue weighted by atomic mass is 79.9. The molecule has 0 saturated heterocycles. The van der Waals surface area contributed by atoms with Crippen LogP contribution >= 0.6 is 15.9 Å². The molecule has 4 nitrogen and oxygen atoms in total. The van der Waals surface area contributed by atoms with Gasteiger partial charge in [0.05, 0.1) is 10.2 Å². The van der Waals surface area contributed by atoms with Crippen LogP contribution in [0.2, 0.25) is 0 Å². The normalized spacial score (nSPS) is 10.4. The van der Waals surface area contributed by atoms with Crippen LogP contribution in [0.25, 0.3) is 0 Å². The smallest absolute Gasteiger partial charge is 0.303 e. The Morgan fingerprint density at radius 2 is 1.87 bits per heavy atom. The lowest BCUT2D eigenvalue weighted by Gasteiger charge is -2.20. The fourth-order valence-corrected chi connectivity index (χ4v) is 2.85. The molecular weight excluding hydrogens is 358 g/mol. The first kappa shape index (κ1) is 17.3. The fourth-order valence-electron chi connectivity index (χ4n) is 2.23. The Kier molecular flexibility index (Phi) is 6.04. The van der Waals surface area contributed by atoms with Gasteiger partial charge in [-0.3, -0.25) is 4.79 Å². The van der Waals surface area contributed by atoms with Crippen LogP contribution in [0.1, 0.15) is 17.5 Å². The van der Waals surface area contributed by atoms with Crippen LogP contribution in [0.3, 0.4) is 0 Å². The molecule has 0 aliphatic heterocycles. The monoisotopic (exact) mass is 377 g/mol. The van der Waals surface area contributed by atoms with Crippen molar-refractivity contribution in [1.82, 2.24) is 0 Å². The first-order valence-electron chi connectivity index (χ1n) is 7.35. The highest BCUT2D eigenvalue weighted by Gasteiger charge is 2.13. The van der Waals surface area contributed by atoms with Crippen LogP contribution in [-0.2, 0) is 17.8 Å². The lowest BCUT2D eigenvalue weighted by Crippen LogP contribution is -2.12. The number of ether oxygens (including phenoxy) is 1. The van der Waals surface area contributed by atoms with Gasteiger partial charge < -0.3 is 14.7 Å². The number of carboxylic acids is 1. The maximum Gasteiger partial charge on any atom is 0.303 e. The Morgan fingerprint density at radius 1 is 1.17 bits per heavy atom. The van der Waals surface area contributed by atoms with Crippen molar-refractivity contribution in [2.75, 3.05) is 19.0 Å². The average molecular weight is 378 g/mol. The molecule has 0 spiro atoms. The topological polar surface area (TPSA) is 49.8 Å². The number of halogens is 1. The van der Waals surface area contributed by atoms with Crippen LogP contribution in [0.15, 0.2) is 46.9 Å². The molecule has 0 bridgehead atoms. The van der Waals surface area contributed by atoms with Crippen LogP contribution in [0.4, 0.5) is 5.69 Å². The first-order valence-corrected chi connectivity index (χ1v) is 8.15. The summed E-state index contributed by atoms with van der Waals surface area (Å²) in [5.41, 5.74) is 2.99. The number of carboxylic acid groups (broad SMARTS) is 1. The van der Waals surface area contributed by atoms with Crippen molar-refractivity contribution < 1.29 is 14.6 Å². The Morgan fingerprint density at radius 3 is 2.48 bits per heavy atom. The molecule has 122 valence electrons. The third-order valence-corrected chi connectivity index (χ3v) is 4.01. The van der Waals surface area contributed by atoms with Gasteiger partial charge in [0.15, 0.2) is 5.75 Å². The zero-order valence-electron chi connectivity index (χ0n) is 13.3. The van der Waals surface area contributed by atoms with Crippen molar-refractivity contribution >= 4 is 27.6 Å². The van der Waals surface area contributed by atoms with E-state index in [2.05, 4.69) is 15.9 Å². The molecule has 0 saturated carbocycles. The van der Waals surface area contributed by atoms with Crippen LogP contribution < -0.4 is 9.64 Å². The lowest BCUT2D eigenvalue weighted by atomic mass is 10.1. The quantitative estimate of drug-likeness (QED) is 0.788. The minimum absolute atomic E-state index is 0.115. The molecule has 0 fully saturated rings. The van der Waals surface area contributed by atoms with Crippen molar-refractivity contribution in [3.8, 4) is 5.75 Å². The summed E-state index contributed by atoms with van der Waals surface area (Å²) >= 11 is 3.55. The molecule has 0 aliphatic rings. The first-order chi connectivity index (χ1) is 11.0. The predicted octanol–water partition coefficient (Wildman–Crippen LogP) is 4.11. The van der Waals surface area contributed by atoms with Gasteiger partial charge in [-0.15, -0.1) is 0 Å². The summed E-state index contributed by atoms with van der Waals surface area (Å²) in [6.45, 7) is 0.481. The molecule has 1 N–H and O–H groups in total. The Bertz CT molecular complexity index is 671. The highest BCUT2D eigenvalue weighted by molar-refractivity contribution is 9.10. The molecule has 0 heterocycles. The Labute approximate surface area is 144 Å². The molecule has 2 aromatic carbocycles. The van der Waals surface area contributed by atoms with Crippen molar-refractivity contribution in [2.45, 2.75) is 19.4 Å². The molecule has 0 aromatic heterocycles. The van der Waals surface area contributed by atoms with Gasteiger partial charge in [-0.1, -0.05) is 30.3 Å². The summed E-state index contributed by atoms with van der Waals surface area (Å²) in [6, 6.07) is 13.9. The second kappa shape index (κ2) is 8.02. The van der Waals surface area contributed by atoms with Crippen molar-refractivity contribution in [3.63, 3.8) is 0 Å². The van der Waals surface area contributed by atoms with Gasteiger partial charge in [-0.25, -0.2) is 0 Å². The fraction of sp³-hybridized carbons (Fsp3) is 0.278. The van der Waals surface area contributed by atoms with Gasteiger partial charge in [-0.05, 0) is 45.6 Å². The Hall–Kier alpha value is -2.01. The molecule has 0 radical (unpaired) electrons. The van der Waals surface area contributed by atoms with E-state index in [0.717, 1.165) is 27.0 Å². The molecule has 5 heteroatoms. The van der Waals surface area contributed by atoms with E-state index in [-0.39, 0.29) is 6.42 Å². The largest absolute Gasteiger partial charge is 0.486 e. The van der Waals surface area contributed by atoms with E-state index in [1.807, 2.05) is 61.5 Å². The van der Waals surface area contributed by atoms with Crippen molar-refractivity contribution in [1.29, 1.82) is 0 Å². The molecular formula is C18H20BrNO3. The SMILES string of the molecule is CN(C)c1cc(CCC(=O)O)cc(Br)c1OCc1ccccc1. The maximum atomic E-state index is 10.8. The number of aryl methyl sites for hydroxylation is 1. The van der Waals surface area contributed by atoms with Crippen molar-refractivity contribution in [2.24, 2.45) is 0 Å². The number of carbonyl (C=O) groups is 1. The highest BCUT2D eigenvalue weighted by Crippen LogP contribution is 2.37. The van der Waals surface area contributed by atoms with E-state index in [1.54, 1.807) is 0 Å². The van der Waals surface area contributed by atoms with E-state index in [4.69, 9.17) is 9.84 Å². The standard InChI is InChI=1S/C18H20BrNO3/c1-20(2)16-11-14(8-9-17(21)22)10-15(19)18(16)23-12-13-6-4-3-5-7-13/h3-7,10-11H,8-9,12H2,1-2H3,(H,21,22). The summed E-state index contributed by atoms with van der Waals surface area (Å²) in [5.74, 6) is -0.0325. The van der Waals surface area contributed by atoms with Crippen LogP contribution in [-0.4, -0.2) is 25.2 Å². The molecule has 0 unspecified atom stereocenters. The maximum absolute atomic E-state index is 10.8. The number of hydrogen-bond acceptors (Lipinski definition) is 3. The number of benzene rings is 2. The van der Waals surface area contributed by atoms with Crippen LogP contribution in [0.5, 0.6) is 5.75 Å². The van der Waals surface area contributed by atoms with E-state index < -0.39 is 5.97 Å². The van der Waals surface area contributed by atoms with Gasteiger partial charge in [0.2, 0.25) is 0 Å². The van der Waals surface area contributed by atoms with Gasteiger partial charge in [0, 0.05) is 20.5 Å². The molecule has 2 aromatic rings. The number of aliphatic carboxylic acids is 1. The number of nitrogens with zero attached hydrogens (tertiary/aromatic N) is 1. The molecule has 2 rings (SSSR count). The van der Waals surface area contributed by atoms with Crippen molar-refractivity contribution in [3.05, 3.63) is 58.1 Å². The van der Waals surface area contributed by atoms with E-state index >= 15 is 0 Å². The molecule has 0 aliphatic carbocycles. The van der Waals surface area contributed by atoms with Gasteiger partial charge in [0.1, 0.15) is 6.61 Å². The van der Waals surface area contributed by atoms with E-state index in [0.29, 0.717) is 13.0 Å². The lowest BCUT2D eigenvalue weighted by molar-refractivity contribution is -0.136. The van der Waals surface area contributed by atoms with E-state index in [1.165, 1.54) is 0 Å². The molecule has 23 heavy (non-hydrogen) atoms. The third kappa shape index (κ3) is 4.99. The van der Waals surface area contributed by atoms with Gasteiger partial charge >= 0.3 is 5.97 Å². The summed E-state index contributed by atoms with van der Waals surface area (Å²) in [7, 11) is 3.89. The number of hydrogen-bond donors (Lipinski definition) is 1. The average Bonchev–Trinajstić information content (AvgIpc) is 2.52. The predicted molar refractivity (Wildman–Crippen MR) is 95.2 cm³/mol.